The minimum absolute atomic E-state index is 0.492. The van der Waals surface area contributed by atoms with E-state index in [-0.39, 0.29) is 0 Å². The molecule has 3 rings (SSSR count). The van der Waals surface area contributed by atoms with Crippen LogP contribution in [0.5, 0.6) is 0 Å². The molecule has 0 saturated carbocycles. The van der Waals surface area contributed by atoms with Crippen LogP contribution in [0.3, 0.4) is 0 Å². The summed E-state index contributed by atoms with van der Waals surface area (Å²) in [6, 6.07) is 1.16. The first-order valence-corrected chi connectivity index (χ1v) is 6.27. The third kappa shape index (κ3) is 1.44. The fourth-order valence-electron chi connectivity index (χ4n) is 3.03. The molecule has 0 radical (unpaired) electrons. The quantitative estimate of drug-likeness (QED) is 0.814. The van der Waals surface area contributed by atoms with Crippen molar-refractivity contribution < 1.29 is 0 Å². The molecule has 88 valence electrons. The van der Waals surface area contributed by atoms with Crippen LogP contribution in [0.2, 0.25) is 0 Å². The van der Waals surface area contributed by atoms with E-state index in [1.165, 1.54) is 19.5 Å². The lowest BCUT2D eigenvalue weighted by molar-refractivity contribution is 0.553. The van der Waals surface area contributed by atoms with Crippen LogP contribution in [0.1, 0.15) is 26.3 Å². The second-order valence-electron chi connectivity index (χ2n) is 5.20. The zero-order valence-electron chi connectivity index (χ0n) is 10.1. The van der Waals surface area contributed by atoms with Crippen molar-refractivity contribution in [2.75, 3.05) is 24.5 Å². The van der Waals surface area contributed by atoms with Crippen molar-refractivity contribution in [3.05, 3.63) is 12.4 Å². The SMILES string of the molecule is CC(C)n1ccnc1N1CC[C@H]2CNC[C@H]21. The molecular formula is C12H20N4. The molecule has 0 spiro atoms. The van der Waals surface area contributed by atoms with Gasteiger partial charge < -0.3 is 14.8 Å². The first-order chi connectivity index (χ1) is 7.77. The maximum atomic E-state index is 4.54. The lowest BCUT2D eigenvalue weighted by atomic mass is 10.1. The van der Waals surface area contributed by atoms with Crippen LogP contribution in [0.4, 0.5) is 5.95 Å². The molecule has 2 saturated heterocycles. The van der Waals surface area contributed by atoms with E-state index in [4.69, 9.17) is 0 Å². The van der Waals surface area contributed by atoms with E-state index < -0.39 is 0 Å². The van der Waals surface area contributed by atoms with Crippen LogP contribution < -0.4 is 10.2 Å². The van der Waals surface area contributed by atoms with Crippen molar-refractivity contribution in [3.8, 4) is 0 Å². The standard InChI is InChI=1S/C12H20N4/c1-9(2)15-6-4-14-12(15)16-5-3-10-7-13-8-11(10)16/h4,6,9-11,13H,3,5,7-8H2,1-2H3/t10-,11+/m0/s1. The van der Waals surface area contributed by atoms with Gasteiger partial charge in [-0.3, -0.25) is 0 Å². The number of anilines is 1. The fraction of sp³-hybridized carbons (Fsp3) is 0.750. The average Bonchev–Trinajstić information content (AvgIpc) is 2.92. The molecule has 1 aromatic heterocycles. The molecule has 4 nitrogen and oxygen atoms in total. The van der Waals surface area contributed by atoms with Crippen molar-refractivity contribution in [2.45, 2.75) is 32.4 Å². The topological polar surface area (TPSA) is 33.1 Å². The number of aromatic nitrogens is 2. The molecule has 2 atom stereocenters. The van der Waals surface area contributed by atoms with Gasteiger partial charge >= 0.3 is 0 Å². The van der Waals surface area contributed by atoms with Gasteiger partial charge in [0.25, 0.3) is 0 Å². The van der Waals surface area contributed by atoms with Gasteiger partial charge in [-0.25, -0.2) is 4.98 Å². The van der Waals surface area contributed by atoms with E-state index in [2.05, 4.69) is 39.8 Å². The Labute approximate surface area is 96.7 Å². The molecule has 0 bridgehead atoms. The lowest BCUT2D eigenvalue weighted by Gasteiger charge is -2.26. The van der Waals surface area contributed by atoms with Crippen LogP contribution in [0.15, 0.2) is 12.4 Å². The summed E-state index contributed by atoms with van der Waals surface area (Å²) in [5, 5.41) is 3.49. The van der Waals surface area contributed by atoms with Crippen molar-refractivity contribution in [1.29, 1.82) is 0 Å². The van der Waals surface area contributed by atoms with E-state index in [0.717, 1.165) is 18.4 Å². The van der Waals surface area contributed by atoms with Gasteiger partial charge in [0.05, 0.1) is 0 Å². The highest BCUT2D eigenvalue weighted by molar-refractivity contribution is 5.37. The first-order valence-electron chi connectivity index (χ1n) is 6.27. The Morgan fingerprint density at radius 3 is 3.12 bits per heavy atom. The third-order valence-electron chi connectivity index (χ3n) is 3.91. The molecular weight excluding hydrogens is 200 g/mol. The van der Waals surface area contributed by atoms with Crippen LogP contribution in [-0.2, 0) is 0 Å². The summed E-state index contributed by atoms with van der Waals surface area (Å²) in [6.45, 7) is 7.90. The highest BCUT2D eigenvalue weighted by Gasteiger charge is 2.39. The molecule has 2 aliphatic heterocycles. The Hall–Kier alpha value is -1.03. The molecule has 4 heteroatoms. The van der Waals surface area contributed by atoms with E-state index in [0.29, 0.717) is 12.1 Å². The summed E-state index contributed by atoms with van der Waals surface area (Å²) in [5.41, 5.74) is 0. The third-order valence-corrected chi connectivity index (χ3v) is 3.91. The van der Waals surface area contributed by atoms with E-state index in [1.807, 2.05) is 6.20 Å². The van der Waals surface area contributed by atoms with Gasteiger partial charge in [0.1, 0.15) is 0 Å². The fourth-order valence-corrected chi connectivity index (χ4v) is 3.03. The van der Waals surface area contributed by atoms with Crippen molar-refractivity contribution in [2.24, 2.45) is 5.92 Å². The Morgan fingerprint density at radius 2 is 2.31 bits per heavy atom. The number of nitrogens with one attached hydrogen (secondary N) is 1. The molecule has 16 heavy (non-hydrogen) atoms. The van der Waals surface area contributed by atoms with Crippen LogP contribution >= 0.6 is 0 Å². The Kier molecular flexibility index (Phi) is 2.39. The highest BCUT2D eigenvalue weighted by atomic mass is 15.4. The van der Waals surface area contributed by atoms with E-state index >= 15 is 0 Å². The predicted molar refractivity (Wildman–Crippen MR) is 64.7 cm³/mol. The Bertz CT molecular complexity index is 371. The van der Waals surface area contributed by atoms with Crippen LogP contribution in [-0.4, -0.2) is 35.2 Å². The number of fused-ring (bicyclic) bond motifs is 1. The summed E-state index contributed by atoms with van der Waals surface area (Å²) < 4.78 is 2.28. The molecule has 3 heterocycles. The van der Waals surface area contributed by atoms with Crippen molar-refractivity contribution in [1.82, 2.24) is 14.9 Å². The maximum Gasteiger partial charge on any atom is 0.205 e. The molecule has 0 aromatic carbocycles. The monoisotopic (exact) mass is 220 g/mol. The highest BCUT2D eigenvalue weighted by Crippen LogP contribution is 2.31. The van der Waals surface area contributed by atoms with Gasteiger partial charge in [-0.1, -0.05) is 0 Å². The smallest absolute Gasteiger partial charge is 0.205 e. The van der Waals surface area contributed by atoms with Gasteiger partial charge in [0.2, 0.25) is 5.95 Å². The summed E-state index contributed by atoms with van der Waals surface area (Å²) in [6.07, 6.45) is 5.32. The van der Waals surface area contributed by atoms with E-state index in [9.17, 15) is 0 Å². The molecule has 2 fully saturated rings. The second kappa shape index (κ2) is 3.77. The molecule has 2 aliphatic rings. The molecule has 0 unspecified atom stereocenters. The zero-order valence-corrected chi connectivity index (χ0v) is 10.1. The average molecular weight is 220 g/mol. The summed E-state index contributed by atoms with van der Waals surface area (Å²) in [4.78, 5) is 7.03. The van der Waals surface area contributed by atoms with Gasteiger partial charge in [0.15, 0.2) is 0 Å². The second-order valence-corrected chi connectivity index (χ2v) is 5.20. The predicted octanol–water partition coefficient (Wildman–Crippen LogP) is 1.26. The number of hydrogen-bond donors (Lipinski definition) is 1. The van der Waals surface area contributed by atoms with E-state index in [1.54, 1.807) is 0 Å². The Morgan fingerprint density at radius 1 is 1.44 bits per heavy atom. The van der Waals surface area contributed by atoms with Gasteiger partial charge in [-0.15, -0.1) is 0 Å². The summed E-state index contributed by atoms with van der Waals surface area (Å²) in [5.74, 6) is 1.99. The normalized spacial score (nSPS) is 29.1. The first kappa shape index (κ1) is 10.1. The summed E-state index contributed by atoms with van der Waals surface area (Å²) in [7, 11) is 0. The number of hydrogen-bond acceptors (Lipinski definition) is 3. The van der Waals surface area contributed by atoms with Crippen LogP contribution in [0.25, 0.3) is 0 Å². The molecule has 0 amide bonds. The lowest BCUT2D eigenvalue weighted by Crippen LogP contribution is -2.36. The molecule has 0 aliphatic carbocycles. The largest absolute Gasteiger partial charge is 0.338 e. The minimum Gasteiger partial charge on any atom is -0.338 e. The van der Waals surface area contributed by atoms with Gasteiger partial charge in [0, 0.05) is 44.1 Å². The Balaban J connectivity index is 1.89. The van der Waals surface area contributed by atoms with Gasteiger partial charge in [-0.2, -0.15) is 0 Å². The van der Waals surface area contributed by atoms with Crippen molar-refractivity contribution >= 4 is 5.95 Å². The minimum atomic E-state index is 0.492. The molecule has 1 N–H and O–H groups in total. The number of nitrogens with zero attached hydrogens (tertiary/aromatic N) is 3. The zero-order chi connectivity index (χ0) is 11.1. The maximum absolute atomic E-state index is 4.54. The van der Waals surface area contributed by atoms with Crippen LogP contribution in [0, 0.1) is 5.92 Å². The van der Waals surface area contributed by atoms with Crippen molar-refractivity contribution in [3.63, 3.8) is 0 Å². The molecule has 1 aromatic rings. The summed E-state index contributed by atoms with van der Waals surface area (Å²) >= 11 is 0. The number of imidazole rings is 1. The number of rotatable bonds is 2. The van der Waals surface area contributed by atoms with Gasteiger partial charge in [-0.05, 0) is 26.2 Å².